The molecule has 0 spiro atoms. The molecule has 0 unspecified atom stereocenters. The van der Waals surface area contributed by atoms with Crippen LogP contribution in [0.5, 0.6) is 11.5 Å². The van der Waals surface area contributed by atoms with E-state index in [-0.39, 0.29) is 18.2 Å². The normalized spacial score (nSPS) is 14.3. The number of benzene rings is 1. The Hall–Kier alpha value is -2.57. The Morgan fingerprint density at radius 1 is 1.04 bits per heavy atom. The molecule has 0 atom stereocenters. The molecule has 2 amide bonds. The summed E-state index contributed by atoms with van der Waals surface area (Å²) in [7, 11) is 3.10. The Morgan fingerprint density at radius 3 is 2.41 bits per heavy atom. The summed E-state index contributed by atoms with van der Waals surface area (Å²) in [5.74, 6) is -0.244. The highest BCUT2D eigenvalue weighted by Gasteiger charge is 2.22. The molecule has 1 aromatic carbocycles. The van der Waals surface area contributed by atoms with E-state index in [4.69, 9.17) is 14.2 Å². The fourth-order valence-electron chi connectivity index (χ4n) is 3.14. The van der Waals surface area contributed by atoms with Crippen molar-refractivity contribution in [3.63, 3.8) is 0 Å². The number of nitrogens with one attached hydrogen (secondary N) is 1. The van der Waals surface area contributed by atoms with E-state index in [1.807, 2.05) is 6.07 Å². The Morgan fingerprint density at radius 2 is 1.74 bits per heavy atom. The van der Waals surface area contributed by atoms with Crippen LogP contribution in [0.3, 0.4) is 0 Å². The summed E-state index contributed by atoms with van der Waals surface area (Å²) in [6.07, 6.45) is 5.35. The molecule has 1 saturated carbocycles. The van der Waals surface area contributed by atoms with Crippen molar-refractivity contribution >= 4 is 17.8 Å². The molecule has 1 aliphatic carbocycles. The first-order valence-corrected chi connectivity index (χ1v) is 9.23. The van der Waals surface area contributed by atoms with Crippen molar-refractivity contribution in [1.82, 2.24) is 5.32 Å². The van der Waals surface area contributed by atoms with Crippen LogP contribution >= 0.6 is 0 Å². The fraction of sp³-hybridized carbons (Fsp3) is 0.550. The number of aryl methyl sites for hydroxylation is 1. The van der Waals surface area contributed by atoms with E-state index in [1.165, 1.54) is 0 Å². The molecule has 0 heterocycles. The van der Waals surface area contributed by atoms with Gasteiger partial charge in [0.15, 0.2) is 18.1 Å². The van der Waals surface area contributed by atoms with Crippen LogP contribution in [-0.4, -0.2) is 38.6 Å². The van der Waals surface area contributed by atoms with Crippen LogP contribution in [0, 0.1) is 5.92 Å². The lowest BCUT2D eigenvalue weighted by Gasteiger charge is -2.20. The lowest BCUT2D eigenvalue weighted by atomic mass is 9.89. The molecule has 7 nitrogen and oxygen atoms in total. The highest BCUT2D eigenvalue weighted by Crippen LogP contribution is 2.28. The smallest absolute Gasteiger partial charge is 0.306 e. The van der Waals surface area contributed by atoms with E-state index in [1.54, 1.807) is 26.4 Å². The molecule has 0 aromatic heterocycles. The van der Waals surface area contributed by atoms with Gasteiger partial charge in [0.25, 0.3) is 5.91 Å². The standard InChI is InChI=1S/C20H27NO6/c1-25-16-10-8-14(12-17(16)26-2)9-11-19(23)27-13-18(22)21-20(24)15-6-4-3-5-7-15/h8,10,12,15H,3-7,9,11,13H2,1-2H3,(H,21,22,24). The number of amides is 2. The summed E-state index contributed by atoms with van der Waals surface area (Å²) >= 11 is 0. The van der Waals surface area contributed by atoms with E-state index >= 15 is 0 Å². The number of hydrogen-bond acceptors (Lipinski definition) is 6. The van der Waals surface area contributed by atoms with Crippen LogP contribution in [0.1, 0.15) is 44.1 Å². The molecule has 27 heavy (non-hydrogen) atoms. The first kappa shape index (κ1) is 20.7. The first-order chi connectivity index (χ1) is 13.0. The maximum atomic E-state index is 12.0. The van der Waals surface area contributed by atoms with Crippen LogP contribution in [0.2, 0.25) is 0 Å². The summed E-state index contributed by atoms with van der Waals surface area (Å²) in [5, 5.41) is 2.32. The summed E-state index contributed by atoms with van der Waals surface area (Å²) in [6.45, 7) is -0.441. The van der Waals surface area contributed by atoms with Crippen LogP contribution in [0.25, 0.3) is 0 Å². The largest absolute Gasteiger partial charge is 0.493 e. The summed E-state index contributed by atoms with van der Waals surface area (Å²) in [4.78, 5) is 35.6. The third-order valence-corrected chi connectivity index (χ3v) is 4.67. The van der Waals surface area contributed by atoms with Crippen molar-refractivity contribution in [3.8, 4) is 11.5 Å². The maximum Gasteiger partial charge on any atom is 0.306 e. The SMILES string of the molecule is COc1ccc(CCC(=O)OCC(=O)NC(=O)C2CCCCC2)cc1OC. The number of esters is 1. The van der Waals surface area contributed by atoms with Gasteiger partial charge in [-0.1, -0.05) is 25.3 Å². The van der Waals surface area contributed by atoms with Crippen LogP contribution < -0.4 is 14.8 Å². The van der Waals surface area contributed by atoms with Gasteiger partial charge >= 0.3 is 5.97 Å². The predicted molar refractivity (Wildman–Crippen MR) is 98.6 cm³/mol. The third-order valence-electron chi connectivity index (χ3n) is 4.67. The van der Waals surface area contributed by atoms with Gasteiger partial charge in [-0.25, -0.2) is 0 Å². The lowest BCUT2D eigenvalue weighted by Crippen LogP contribution is -2.38. The van der Waals surface area contributed by atoms with Gasteiger partial charge in [0.1, 0.15) is 0 Å². The minimum atomic E-state index is -0.579. The number of carbonyl (C=O) groups is 3. The van der Waals surface area contributed by atoms with Crippen LogP contribution in [-0.2, 0) is 25.5 Å². The van der Waals surface area contributed by atoms with E-state index < -0.39 is 18.5 Å². The quantitative estimate of drug-likeness (QED) is 0.700. The highest BCUT2D eigenvalue weighted by molar-refractivity contribution is 5.97. The van der Waals surface area contributed by atoms with E-state index in [2.05, 4.69) is 5.32 Å². The first-order valence-electron chi connectivity index (χ1n) is 9.23. The molecule has 0 saturated heterocycles. The summed E-state index contributed by atoms with van der Waals surface area (Å²) < 4.78 is 15.3. The average molecular weight is 377 g/mol. The van der Waals surface area contributed by atoms with Crippen LogP contribution in [0.15, 0.2) is 18.2 Å². The second-order valence-corrected chi connectivity index (χ2v) is 6.60. The Labute approximate surface area is 159 Å². The summed E-state index contributed by atoms with van der Waals surface area (Å²) in [5.41, 5.74) is 0.890. The van der Waals surface area contributed by atoms with Crippen molar-refractivity contribution in [3.05, 3.63) is 23.8 Å². The van der Waals surface area contributed by atoms with Gasteiger partial charge in [-0.3, -0.25) is 19.7 Å². The molecule has 1 aromatic rings. The van der Waals surface area contributed by atoms with E-state index in [0.29, 0.717) is 17.9 Å². The molecule has 1 N–H and O–H groups in total. The van der Waals surface area contributed by atoms with Crippen molar-refractivity contribution in [1.29, 1.82) is 0 Å². The molecule has 0 radical (unpaired) electrons. The van der Waals surface area contributed by atoms with Gasteiger partial charge in [-0.05, 0) is 37.0 Å². The molecule has 7 heteroatoms. The molecule has 1 fully saturated rings. The molecule has 1 aliphatic rings. The predicted octanol–water partition coefficient (Wildman–Crippen LogP) is 2.40. The molecular formula is C20H27NO6. The number of carbonyl (C=O) groups excluding carboxylic acids is 3. The van der Waals surface area contributed by atoms with Crippen molar-refractivity contribution in [2.24, 2.45) is 5.92 Å². The molecular weight excluding hydrogens is 350 g/mol. The van der Waals surface area contributed by atoms with Crippen LogP contribution in [0.4, 0.5) is 0 Å². The Balaban J connectivity index is 1.71. The number of ether oxygens (including phenoxy) is 3. The number of hydrogen-bond donors (Lipinski definition) is 1. The van der Waals surface area contributed by atoms with Gasteiger partial charge in [-0.15, -0.1) is 0 Å². The van der Waals surface area contributed by atoms with E-state index in [9.17, 15) is 14.4 Å². The highest BCUT2D eigenvalue weighted by atomic mass is 16.5. The molecule has 2 rings (SSSR count). The van der Waals surface area contributed by atoms with Gasteiger partial charge in [0.05, 0.1) is 14.2 Å². The second-order valence-electron chi connectivity index (χ2n) is 6.60. The topological polar surface area (TPSA) is 90.9 Å². The zero-order chi connectivity index (χ0) is 19.6. The minimum absolute atomic E-state index is 0.108. The van der Waals surface area contributed by atoms with E-state index in [0.717, 1.165) is 37.7 Å². The average Bonchev–Trinajstić information content (AvgIpc) is 2.71. The Kier molecular flexibility index (Phi) is 8.10. The molecule has 0 aliphatic heterocycles. The van der Waals surface area contributed by atoms with Crippen molar-refractivity contribution in [2.75, 3.05) is 20.8 Å². The van der Waals surface area contributed by atoms with Gasteiger partial charge < -0.3 is 14.2 Å². The van der Waals surface area contributed by atoms with Gasteiger partial charge in [-0.2, -0.15) is 0 Å². The van der Waals surface area contributed by atoms with Gasteiger partial charge in [0, 0.05) is 12.3 Å². The number of rotatable bonds is 8. The van der Waals surface area contributed by atoms with Crippen molar-refractivity contribution in [2.45, 2.75) is 44.9 Å². The fourth-order valence-corrected chi connectivity index (χ4v) is 3.14. The number of imide groups is 1. The van der Waals surface area contributed by atoms with Gasteiger partial charge in [0.2, 0.25) is 5.91 Å². The zero-order valence-corrected chi connectivity index (χ0v) is 15.9. The molecule has 0 bridgehead atoms. The summed E-state index contributed by atoms with van der Waals surface area (Å²) in [6, 6.07) is 5.40. The monoisotopic (exact) mass is 377 g/mol. The minimum Gasteiger partial charge on any atom is -0.493 e. The lowest BCUT2D eigenvalue weighted by molar-refractivity contribution is -0.150. The third kappa shape index (κ3) is 6.58. The molecule has 148 valence electrons. The maximum absolute atomic E-state index is 12.0. The van der Waals surface area contributed by atoms with Crippen molar-refractivity contribution < 1.29 is 28.6 Å². The zero-order valence-electron chi connectivity index (χ0n) is 15.9. The second kappa shape index (κ2) is 10.5. The number of methoxy groups -OCH3 is 2. The Bertz CT molecular complexity index is 666.